The number of carbonyl (C=O) groups is 1. The Hall–Kier alpha value is -2.08. The Balaban J connectivity index is 2.50. The summed E-state index contributed by atoms with van der Waals surface area (Å²) in [7, 11) is -3.83. The summed E-state index contributed by atoms with van der Waals surface area (Å²) < 4.78 is 23.0. The van der Waals surface area contributed by atoms with Gasteiger partial charge in [-0.15, -0.1) is 0 Å². The summed E-state index contributed by atoms with van der Waals surface area (Å²) in [6.45, 7) is 0. The second-order valence-corrected chi connectivity index (χ2v) is 5.32. The van der Waals surface area contributed by atoms with Crippen LogP contribution in [0.4, 0.5) is 5.69 Å². The van der Waals surface area contributed by atoms with Gasteiger partial charge < -0.3 is 10.8 Å². The Morgan fingerprint density at radius 1 is 1.18 bits per heavy atom. The number of hydrogen-bond acceptors (Lipinski definition) is 4. The number of nitrogens with two attached hydrogens (primary N) is 1. The predicted octanol–water partition coefficient (Wildman–Crippen LogP) is 1.01. The molecule has 1 aromatic carbocycles. The molecule has 0 atom stereocenters. The molecule has 88 valence electrons. The van der Waals surface area contributed by atoms with E-state index in [1.54, 1.807) is 24.3 Å². The van der Waals surface area contributed by atoms with E-state index in [-0.39, 0.29) is 0 Å². The number of benzene rings is 1. The van der Waals surface area contributed by atoms with E-state index < -0.39 is 20.7 Å². The van der Waals surface area contributed by atoms with Crippen LogP contribution in [0.5, 0.6) is 0 Å². The summed E-state index contributed by atoms with van der Waals surface area (Å²) in [6.07, 6.45) is 1.14. The normalized spacial score (nSPS) is 17.4. The Bertz CT molecular complexity index is 639. The molecule has 1 aliphatic heterocycles. The first kappa shape index (κ1) is 11.4. The minimum atomic E-state index is -3.83. The summed E-state index contributed by atoms with van der Waals surface area (Å²) in [5, 5.41) is 9.70. The van der Waals surface area contributed by atoms with E-state index in [4.69, 9.17) is 10.8 Å². The summed E-state index contributed by atoms with van der Waals surface area (Å²) in [5.74, 6) is -1.45. The molecule has 0 aromatic heterocycles. The average Bonchev–Trinajstić information content (AvgIpc) is 2.55. The molecule has 0 bridgehead atoms. The Labute approximate surface area is 97.8 Å². The van der Waals surface area contributed by atoms with Gasteiger partial charge in [0.2, 0.25) is 9.84 Å². The summed E-state index contributed by atoms with van der Waals surface area (Å²) in [6, 6.07) is 6.51. The molecule has 0 amide bonds. The third-order valence-electron chi connectivity index (χ3n) is 2.33. The van der Waals surface area contributed by atoms with Gasteiger partial charge in [-0.3, -0.25) is 0 Å². The van der Waals surface area contributed by atoms with Crippen molar-refractivity contribution in [3.63, 3.8) is 0 Å². The quantitative estimate of drug-likeness (QED) is 0.764. The van der Waals surface area contributed by atoms with Gasteiger partial charge in [0.15, 0.2) is 4.91 Å². The van der Waals surface area contributed by atoms with Gasteiger partial charge in [0, 0.05) is 11.1 Å². The fourth-order valence-electron chi connectivity index (χ4n) is 1.50. The minimum Gasteiger partial charge on any atom is -0.477 e. The second-order valence-electron chi connectivity index (χ2n) is 3.55. The predicted molar refractivity (Wildman–Crippen MR) is 63.5 cm³/mol. The highest BCUT2D eigenvalue weighted by Gasteiger charge is 2.28. The fraction of sp³-hybridized carbons (Fsp3) is 0. The van der Waals surface area contributed by atoms with E-state index >= 15 is 0 Å². The zero-order chi connectivity index (χ0) is 12.6. The summed E-state index contributed by atoms with van der Waals surface area (Å²) in [4.78, 5) is 10.1. The molecular weight excluding hydrogens is 242 g/mol. The third-order valence-corrected chi connectivity index (χ3v) is 3.80. The smallest absolute Gasteiger partial charge is 0.347 e. The van der Waals surface area contributed by atoms with Crippen LogP contribution >= 0.6 is 0 Å². The van der Waals surface area contributed by atoms with Crippen molar-refractivity contribution in [3.05, 3.63) is 46.2 Å². The molecule has 2 rings (SSSR count). The van der Waals surface area contributed by atoms with Gasteiger partial charge in [-0.05, 0) is 29.3 Å². The number of allylic oxidation sites excluding steroid dienone is 2. The molecule has 1 aromatic rings. The van der Waals surface area contributed by atoms with Crippen LogP contribution in [0.1, 0.15) is 5.56 Å². The SMILES string of the molecule is Nc1ccc(C2=CS(=O)(=O)C(C(=O)O)=C2)cc1. The molecule has 0 fully saturated rings. The number of hydrogen-bond donors (Lipinski definition) is 2. The fourth-order valence-corrected chi connectivity index (χ4v) is 2.70. The van der Waals surface area contributed by atoms with Crippen molar-refractivity contribution in [2.45, 2.75) is 0 Å². The standard InChI is InChI=1S/C11H9NO4S/c12-9-3-1-7(2-4-9)8-5-10(11(13)14)17(15,16)6-8/h1-6H,12H2,(H,13,14). The van der Waals surface area contributed by atoms with E-state index in [9.17, 15) is 13.2 Å². The van der Waals surface area contributed by atoms with Crippen LogP contribution in [0.25, 0.3) is 5.57 Å². The van der Waals surface area contributed by atoms with Crippen molar-refractivity contribution in [2.75, 3.05) is 5.73 Å². The monoisotopic (exact) mass is 251 g/mol. The minimum absolute atomic E-state index is 0.349. The highest BCUT2D eigenvalue weighted by molar-refractivity contribution is 7.99. The van der Waals surface area contributed by atoms with Crippen LogP contribution in [0.2, 0.25) is 0 Å². The van der Waals surface area contributed by atoms with Gasteiger partial charge in [-0.25, -0.2) is 13.2 Å². The van der Waals surface area contributed by atoms with E-state index in [0.717, 1.165) is 11.5 Å². The maximum Gasteiger partial charge on any atom is 0.347 e. The maximum absolute atomic E-state index is 11.5. The van der Waals surface area contributed by atoms with Crippen LogP contribution in [-0.4, -0.2) is 19.5 Å². The highest BCUT2D eigenvalue weighted by Crippen LogP contribution is 2.29. The number of nitrogen functional groups attached to an aromatic ring is 1. The van der Waals surface area contributed by atoms with Crippen molar-refractivity contribution < 1.29 is 18.3 Å². The van der Waals surface area contributed by atoms with E-state index in [1.807, 2.05) is 0 Å². The number of rotatable bonds is 2. The Kier molecular flexibility index (Phi) is 2.51. The lowest BCUT2D eigenvalue weighted by atomic mass is 10.1. The van der Waals surface area contributed by atoms with Crippen molar-refractivity contribution in [1.82, 2.24) is 0 Å². The molecule has 6 heteroatoms. The molecule has 0 radical (unpaired) electrons. The van der Waals surface area contributed by atoms with Crippen LogP contribution < -0.4 is 5.73 Å². The summed E-state index contributed by atoms with van der Waals surface area (Å²) >= 11 is 0. The summed E-state index contributed by atoms with van der Waals surface area (Å²) in [5.41, 5.74) is 7.02. The molecule has 1 aliphatic rings. The zero-order valence-corrected chi connectivity index (χ0v) is 9.44. The lowest BCUT2D eigenvalue weighted by Gasteiger charge is -1.98. The number of anilines is 1. The van der Waals surface area contributed by atoms with Gasteiger partial charge in [0.25, 0.3) is 0 Å². The maximum atomic E-state index is 11.5. The zero-order valence-electron chi connectivity index (χ0n) is 8.62. The Morgan fingerprint density at radius 3 is 2.24 bits per heavy atom. The van der Waals surface area contributed by atoms with Gasteiger partial charge in [0.05, 0.1) is 0 Å². The number of aliphatic carboxylic acids is 1. The van der Waals surface area contributed by atoms with Crippen LogP contribution in [0, 0.1) is 0 Å². The average molecular weight is 251 g/mol. The molecule has 0 aliphatic carbocycles. The van der Waals surface area contributed by atoms with Crippen LogP contribution in [-0.2, 0) is 14.6 Å². The van der Waals surface area contributed by atoms with Crippen molar-refractivity contribution in [2.24, 2.45) is 0 Å². The molecular formula is C11H9NO4S. The van der Waals surface area contributed by atoms with Crippen LogP contribution in [0.15, 0.2) is 40.7 Å². The number of carboxylic acids is 1. The molecule has 1 heterocycles. The molecule has 0 saturated carbocycles. The van der Waals surface area contributed by atoms with Crippen molar-refractivity contribution in [3.8, 4) is 0 Å². The lowest BCUT2D eigenvalue weighted by Crippen LogP contribution is -2.07. The van der Waals surface area contributed by atoms with Crippen molar-refractivity contribution >= 4 is 27.1 Å². The van der Waals surface area contributed by atoms with Crippen molar-refractivity contribution in [1.29, 1.82) is 0 Å². The molecule has 0 saturated heterocycles. The first-order valence-corrected chi connectivity index (χ1v) is 6.22. The van der Waals surface area contributed by atoms with Gasteiger partial charge in [-0.2, -0.15) is 0 Å². The third kappa shape index (κ3) is 2.07. The highest BCUT2D eigenvalue weighted by atomic mass is 32.2. The van der Waals surface area contributed by atoms with Crippen LogP contribution in [0.3, 0.4) is 0 Å². The van der Waals surface area contributed by atoms with E-state index in [2.05, 4.69) is 0 Å². The molecule has 3 N–H and O–H groups in total. The first-order valence-electron chi connectivity index (χ1n) is 4.68. The molecule has 17 heavy (non-hydrogen) atoms. The van der Waals surface area contributed by atoms with E-state index in [1.165, 1.54) is 0 Å². The van der Waals surface area contributed by atoms with Gasteiger partial charge in [-0.1, -0.05) is 12.1 Å². The lowest BCUT2D eigenvalue weighted by molar-refractivity contribution is -0.131. The number of sulfone groups is 1. The Morgan fingerprint density at radius 2 is 1.76 bits per heavy atom. The second kappa shape index (κ2) is 3.74. The van der Waals surface area contributed by atoms with Gasteiger partial charge in [0.1, 0.15) is 0 Å². The van der Waals surface area contributed by atoms with E-state index in [0.29, 0.717) is 16.8 Å². The molecule has 0 unspecified atom stereocenters. The first-order chi connectivity index (χ1) is 7.90. The van der Waals surface area contributed by atoms with Gasteiger partial charge >= 0.3 is 5.97 Å². The topological polar surface area (TPSA) is 97.5 Å². The largest absolute Gasteiger partial charge is 0.477 e. The molecule has 5 nitrogen and oxygen atoms in total. The molecule has 0 spiro atoms. The number of carboxylic acid groups (broad SMARTS) is 1.